The summed E-state index contributed by atoms with van der Waals surface area (Å²) >= 11 is 1.39. The van der Waals surface area contributed by atoms with E-state index in [2.05, 4.69) is 31.2 Å². The summed E-state index contributed by atoms with van der Waals surface area (Å²) in [5.41, 5.74) is 2.36. The molecule has 2 aromatic carbocycles. The van der Waals surface area contributed by atoms with Crippen LogP contribution in [0.4, 0.5) is 0 Å². The van der Waals surface area contributed by atoms with E-state index in [0.29, 0.717) is 0 Å². The van der Waals surface area contributed by atoms with Gasteiger partial charge in [0.2, 0.25) is 0 Å². The fourth-order valence-electron chi connectivity index (χ4n) is 1.92. The lowest BCUT2D eigenvalue weighted by atomic mass is 10.0. The van der Waals surface area contributed by atoms with E-state index in [4.69, 9.17) is 5.11 Å². The zero-order chi connectivity index (χ0) is 12.4. The minimum Gasteiger partial charge on any atom is -0.481 e. The van der Waals surface area contributed by atoms with E-state index in [1.807, 2.05) is 13.0 Å². The van der Waals surface area contributed by atoms with Gasteiger partial charge in [-0.3, -0.25) is 4.79 Å². The van der Waals surface area contributed by atoms with E-state index < -0.39 is 5.97 Å². The number of aryl methyl sites for hydroxylation is 2. The Balaban J connectivity index is 2.55. The minimum atomic E-state index is -0.779. The fraction of sp³-hybridized carbons (Fsp3) is 0.214. The summed E-state index contributed by atoms with van der Waals surface area (Å²) in [6.45, 7) is 4.09. The highest BCUT2D eigenvalue weighted by Crippen LogP contribution is 2.32. The molecule has 0 saturated carbocycles. The van der Waals surface area contributed by atoms with Crippen molar-refractivity contribution < 1.29 is 9.90 Å². The molecule has 0 atom stereocenters. The van der Waals surface area contributed by atoms with Gasteiger partial charge >= 0.3 is 5.97 Å². The van der Waals surface area contributed by atoms with Crippen molar-refractivity contribution in [1.82, 2.24) is 0 Å². The number of fused-ring (bicyclic) bond motifs is 1. The van der Waals surface area contributed by atoms with Crippen LogP contribution >= 0.6 is 11.8 Å². The SMILES string of the molecule is Cc1ccc2c(C)cccc2c1SCC(=O)O. The van der Waals surface area contributed by atoms with Crippen LogP contribution in [0.3, 0.4) is 0 Å². The third-order valence-electron chi connectivity index (χ3n) is 2.77. The first-order valence-electron chi connectivity index (χ1n) is 5.43. The number of hydrogen-bond acceptors (Lipinski definition) is 2. The second kappa shape index (κ2) is 4.80. The van der Waals surface area contributed by atoms with Crippen molar-refractivity contribution in [1.29, 1.82) is 0 Å². The first kappa shape index (κ1) is 12.0. The number of aliphatic carboxylic acids is 1. The van der Waals surface area contributed by atoms with Crippen LogP contribution in [0, 0.1) is 13.8 Å². The lowest BCUT2D eigenvalue weighted by Crippen LogP contribution is -1.98. The van der Waals surface area contributed by atoms with Crippen molar-refractivity contribution in [3.8, 4) is 0 Å². The van der Waals surface area contributed by atoms with Crippen molar-refractivity contribution in [2.24, 2.45) is 0 Å². The number of rotatable bonds is 3. The van der Waals surface area contributed by atoms with Gasteiger partial charge in [0.1, 0.15) is 0 Å². The smallest absolute Gasteiger partial charge is 0.313 e. The van der Waals surface area contributed by atoms with Crippen molar-refractivity contribution in [2.75, 3.05) is 5.75 Å². The highest BCUT2D eigenvalue weighted by Gasteiger charge is 2.08. The zero-order valence-electron chi connectivity index (χ0n) is 9.86. The largest absolute Gasteiger partial charge is 0.481 e. The predicted octanol–water partition coefficient (Wildman–Crippen LogP) is 3.63. The van der Waals surface area contributed by atoms with Gasteiger partial charge in [0.05, 0.1) is 5.75 Å². The minimum absolute atomic E-state index is 0.105. The summed E-state index contributed by atoms with van der Waals surface area (Å²) in [6.07, 6.45) is 0. The normalized spacial score (nSPS) is 10.7. The summed E-state index contributed by atoms with van der Waals surface area (Å²) in [7, 11) is 0. The first-order chi connectivity index (χ1) is 8.09. The Morgan fingerprint density at radius 1 is 1.12 bits per heavy atom. The van der Waals surface area contributed by atoms with Gasteiger partial charge in [-0.25, -0.2) is 0 Å². The van der Waals surface area contributed by atoms with Crippen molar-refractivity contribution in [2.45, 2.75) is 18.7 Å². The molecular weight excluding hydrogens is 232 g/mol. The molecule has 0 amide bonds. The van der Waals surface area contributed by atoms with Crippen LogP contribution in [0.5, 0.6) is 0 Å². The van der Waals surface area contributed by atoms with Gasteiger partial charge in [0, 0.05) is 4.90 Å². The van der Waals surface area contributed by atoms with Crippen LogP contribution in [0.2, 0.25) is 0 Å². The summed E-state index contributed by atoms with van der Waals surface area (Å²) in [5, 5.41) is 11.1. The number of carbonyl (C=O) groups is 1. The Hall–Kier alpha value is -1.48. The summed E-state index contributed by atoms with van der Waals surface area (Å²) < 4.78 is 0. The van der Waals surface area contributed by atoms with Crippen LogP contribution in [0.15, 0.2) is 35.2 Å². The topological polar surface area (TPSA) is 37.3 Å². The van der Waals surface area contributed by atoms with Crippen molar-refractivity contribution in [3.05, 3.63) is 41.5 Å². The van der Waals surface area contributed by atoms with Crippen LogP contribution in [0.25, 0.3) is 10.8 Å². The third-order valence-corrected chi connectivity index (χ3v) is 3.99. The maximum Gasteiger partial charge on any atom is 0.313 e. The number of thioether (sulfide) groups is 1. The van der Waals surface area contributed by atoms with Crippen LogP contribution in [-0.2, 0) is 4.79 Å². The molecule has 2 aromatic rings. The monoisotopic (exact) mass is 246 g/mol. The molecule has 88 valence electrons. The standard InChI is InChI=1S/C14H14O2S/c1-9-4-3-5-12-11(9)7-6-10(2)14(12)17-8-13(15)16/h3-7H,8H2,1-2H3,(H,15,16). The van der Waals surface area contributed by atoms with E-state index in [-0.39, 0.29) is 5.75 Å². The number of benzene rings is 2. The molecule has 2 rings (SSSR count). The molecule has 0 spiro atoms. The first-order valence-corrected chi connectivity index (χ1v) is 6.41. The van der Waals surface area contributed by atoms with E-state index in [1.54, 1.807) is 0 Å². The Morgan fingerprint density at radius 2 is 1.88 bits per heavy atom. The highest BCUT2D eigenvalue weighted by molar-refractivity contribution is 8.00. The molecule has 0 fully saturated rings. The van der Waals surface area contributed by atoms with Crippen molar-refractivity contribution >= 4 is 28.5 Å². The molecule has 0 radical (unpaired) electrons. The molecule has 0 aliphatic carbocycles. The van der Waals surface area contributed by atoms with Gasteiger partial charge in [-0.1, -0.05) is 30.3 Å². The molecule has 0 heterocycles. The lowest BCUT2D eigenvalue weighted by molar-refractivity contribution is -0.133. The van der Waals surface area contributed by atoms with E-state index in [1.165, 1.54) is 22.7 Å². The maximum absolute atomic E-state index is 10.7. The number of carboxylic acids is 1. The maximum atomic E-state index is 10.7. The van der Waals surface area contributed by atoms with Gasteiger partial charge in [-0.2, -0.15) is 0 Å². The quantitative estimate of drug-likeness (QED) is 0.840. The molecule has 0 aliphatic rings. The van der Waals surface area contributed by atoms with Gasteiger partial charge < -0.3 is 5.11 Å². The number of hydrogen-bond donors (Lipinski definition) is 1. The highest BCUT2D eigenvalue weighted by atomic mass is 32.2. The molecule has 17 heavy (non-hydrogen) atoms. The molecule has 0 unspecified atom stereocenters. The van der Waals surface area contributed by atoms with Gasteiger partial charge in [-0.05, 0) is 35.7 Å². The van der Waals surface area contributed by atoms with Gasteiger partial charge in [0.15, 0.2) is 0 Å². The predicted molar refractivity (Wildman–Crippen MR) is 71.8 cm³/mol. The fourth-order valence-corrected chi connectivity index (χ4v) is 2.82. The molecule has 3 heteroatoms. The molecule has 1 N–H and O–H groups in total. The summed E-state index contributed by atoms with van der Waals surface area (Å²) in [4.78, 5) is 11.7. The Bertz CT molecular complexity index is 576. The van der Waals surface area contributed by atoms with Crippen LogP contribution in [0.1, 0.15) is 11.1 Å². The van der Waals surface area contributed by atoms with Crippen molar-refractivity contribution in [3.63, 3.8) is 0 Å². The Kier molecular flexibility index (Phi) is 3.38. The second-order valence-corrected chi connectivity index (χ2v) is 5.05. The molecule has 0 bridgehead atoms. The summed E-state index contributed by atoms with van der Waals surface area (Å²) in [6, 6.07) is 10.3. The lowest BCUT2D eigenvalue weighted by Gasteiger charge is -2.10. The third kappa shape index (κ3) is 2.44. The van der Waals surface area contributed by atoms with E-state index in [9.17, 15) is 4.79 Å². The van der Waals surface area contributed by atoms with E-state index >= 15 is 0 Å². The van der Waals surface area contributed by atoms with Gasteiger partial charge in [-0.15, -0.1) is 11.8 Å². The Morgan fingerprint density at radius 3 is 2.59 bits per heavy atom. The van der Waals surface area contributed by atoms with Crippen LogP contribution < -0.4 is 0 Å². The van der Waals surface area contributed by atoms with Crippen LogP contribution in [-0.4, -0.2) is 16.8 Å². The molecule has 2 nitrogen and oxygen atoms in total. The molecular formula is C14H14O2S. The summed E-state index contributed by atoms with van der Waals surface area (Å²) in [5.74, 6) is -0.674. The van der Waals surface area contributed by atoms with E-state index in [0.717, 1.165) is 15.8 Å². The average Bonchev–Trinajstić information content (AvgIpc) is 2.27. The molecule has 0 saturated heterocycles. The zero-order valence-corrected chi connectivity index (χ0v) is 10.7. The second-order valence-electron chi connectivity index (χ2n) is 4.06. The molecule has 0 aromatic heterocycles. The van der Waals surface area contributed by atoms with Gasteiger partial charge in [0.25, 0.3) is 0 Å². The average molecular weight is 246 g/mol. The number of carboxylic acid groups (broad SMARTS) is 1. The Labute approximate surface area is 105 Å². The molecule has 0 aliphatic heterocycles.